The van der Waals surface area contributed by atoms with Crippen molar-refractivity contribution in [1.29, 1.82) is 0 Å². The highest BCUT2D eigenvalue weighted by atomic mass is 19.1. The van der Waals surface area contributed by atoms with Gasteiger partial charge in [-0.25, -0.2) is 9.07 Å². The molecule has 1 heterocycles. The van der Waals surface area contributed by atoms with Gasteiger partial charge in [0.25, 0.3) is 0 Å². The molecule has 4 nitrogen and oxygen atoms in total. The summed E-state index contributed by atoms with van der Waals surface area (Å²) in [5, 5.41) is 4.31. The second kappa shape index (κ2) is 5.40. The van der Waals surface area contributed by atoms with Crippen molar-refractivity contribution in [3.05, 3.63) is 40.8 Å². The van der Waals surface area contributed by atoms with Crippen molar-refractivity contribution in [3.63, 3.8) is 0 Å². The van der Waals surface area contributed by atoms with E-state index in [4.69, 9.17) is 10.5 Å². The summed E-state index contributed by atoms with van der Waals surface area (Å²) in [6, 6.07) is 4.81. The van der Waals surface area contributed by atoms with Crippen LogP contribution in [0.25, 0.3) is 0 Å². The van der Waals surface area contributed by atoms with Crippen LogP contribution in [0.5, 0.6) is 11.6 Å². The summed E-state index contributed by atoms with van der Waals surface area (Å²) in [4.78, 5) is 0. The highest BCUT2D eigenvalue weighted by Crippen LogP contribution is 2.28. The second-order valence-corrected chi connectivity index (χ2v) is 4.54. The van der Waals surface area contributed by atoms with Gasteiger partial charge in [-0.05, 0) is 38.4 Å². The molecule has 0 aliphatic carbocycles. The summed E-state index contributed by atoms with van der Waals surface area (Å²) in [7, 11) is 1.80. The van der Waals surface area contributed by atoms with Gasteiger partial charge in [-0.2, -0.15) is 5.10 Å². The summed E-state index contributed by atoms with van der Waals surface area (Å²) in [6.45, 7) is 4.14. The number of halogens is 1. The number of nitrogens with zero attached hydrogens (tertiary/aromatic N) is 2. The first-order valence-electron chi connectivity index (χ1n) is 6.19. The normalized spacial score (nSPS) is 10.8. The maximum atomic E-state index is 13.5. The Labute approximate surface area is 112 Å². The smallest absolute Gasteiger partial charge is 0.221 e. The minimum absolute atomic E-state index is 0.281. The molecule has 5 heteroatoms. The molecule has 0 unspecified atom stereocenters. The minimum atomic E-state index is -0.281. The quantitative estimate of drug-likeness (QED) is 0.922. The van der Waals surface area contributed by atoms with E-state index in [0.717, 1.165) is 11.3 Å². The zero-order valence-electron chi connectivity index (χ0n) is 11.4. The first-order valence-corrected chi connectivity index (χ1v) is 6.19. The topological polar surface area (TPSA) is 53.1 Å². The Balaban J connectivity index is 2.34. The van der Waals surface area contributed by atoms with Gasteiger partial charge < -0.3 is 10.5 Å². The maximum absolute atomic E-state index is 13.5. The van der Waals surface area contributed by atoms with E-state index in [0.29, 0.717) is 30.2 Å². The number of hydrogen-bond acceptors (Lipinski definition) is 3. The summed E-state index contributed by atoms with van der Waals surface area (Å²) in [5.41, 5.74) is 8.03. The molecule has 1 aromatic carbocycles. The summed E-state index contributed by atoms with van der Waals surface area (Å²) in [6.07, 6.45) is 0.684. The predicted octanol–water partition coefficient (Wildman–Crippen LogP) is 2.47. The third-order valence-electron chi connectivity index (χ3n) is 3.04. The lowest BCUT2D eigenvalue weighted by atomic mass is 10.2. The molecule has 1 aromatic heterocycles. The van der Waals surface area contributed by atoms with E-state index in [1.54, 1.807) is 30.8 Å². The van der Waals surface area contributed by atoms with Crippen LogP contribution < -0.4 is 10.5 Å². The van der Waals surface area contributed by atoms with E-state index in [-0.39, 0.29) is 5.82 Å². The van der Waals surface area contributed by atoms with Gasteiger partial charge in [0.1, 0.15) is 11.6 Å². The van der Waals surface area contributed by atoms with Gasteiger partial charge in [-0.1, -0.05) is 6.07 Å². The second-order valence-electron chi connectivity index (χ2n) is 4.54. The third-order valence-corrected chi connectivity index (χ3v) is 3.04. The number of benzene rings is 1. The lowest BCUT2D eigenvalue weighted by Crippen LogP contribution is -2.05. The number of nitrogens with two attached hydrogens (primary N) is 1. The molecule has 0 bridgehead atoms. The van der Waals surface area contributed by atoms with E-state index in [1.165, 1.54) is 6.07 Å². The average Bonchev–Trinajstić information content (AvgIpc) is 2.61. The van der Waals surface area contributed by atoms with E-state index in [2.05, 4.69) is 5.10 Å². The van der Waals surface area contributed by atoms with Gasteiger partial charge in [-0.15, -0.1) is 0 Å². The van der Waals surface area contributed by atoms with Crippen molar-refractivity contribution in [1.82, 2.24) is 9.78 Å². The van der Waals surface area contributed by atoms with Crippen LogP contribution in [-0.2, 0) is 13.5 Å². The zero-order chi connectivity index (χ0) is 14.0. The molecular weight excluding hydrogens is 245 g/mol. The molecule has 19 heavy (non-hydrogen) atoms. The highest BCUT2D eigenvalue weighted by Gasteiger charge is 2.15. The average molecular weight is 263 g/mol. The fourth-order valence-electron chi connectivity index (χ4n) is 1.99. The van der Waals surface area contributed by atoms with Gasteiger partial charge >= 0.3 is 0 Å². The molecule has 2 aromatic rings. The molecule has 0 saturated carbocycles. The van der Waals surface area contributed by atoms with Gasteiger partial charge in [0.15, 0.2) is 0 Å². The molecule has 2 rings (SSSR count). The summed E-state index contributed by atoms with van der Waals surface area (Å²) >= 11 is 0. The Bertz CT molecular complexity index is 593. The SMILES string of the molecule is Cc1ccc(Oc2c(CCN)c(C)nn2C)cc1F. The van der Waals surface area contributed by atoms with Crippen molar-refractivity contribution in [2.75, 3.05) is 6.54 Å². The van der Waals surface area contributed by atoms with Gasteiger partial charge in [0.05, 0.1) is 5.69 Å². The van der Waals surface area contributed by atoms with Crippen LogP contribution in [0.1, 0.15) is 16.8 Å². The lowest BCUT2D eigenvalue weighted by molar-refractivity contribution is 0.422. The fourth-order valence-corrected chi connectivity index (χ4v) is 1.99. The summed E-state index contributed by atoms with van der Waals surface area (Å²) < 4.78 is 20.9. The number of hydrogen-bond donors (Lipinski definition) is 1. The zero-order valence-corrected chi connectivity index (χ0v) is 11.4. The molecule has 0 atom stereocenters. The van der Waals surface area contributed by atoms with Crippen molar-refractivity contribution < 1.29 is 9.13 Å². The van der Waals surface area contributed by atoms with Crippen molar-refractivity contribution in [3.8, 4) is 11.6 Å². The lowest BCUT2D eigenvalue weighted by Gasteiger charge is -2.09. The van der Waals surface area contributed by atoms with Crippen molar-refractivity contribution in [2.45, 2.75) is 20.3 Å². The molecule has 0 fully saturated rings. The largest absolute Gasteiger partial charge is 0.439 e. The van der Waals surface area contributed by atoms with Crippen LogP contribution >= 0.6 is 0 Å². The van der Waals surface area contributed by atoms with Crippen LogP contribution in [-0.4, -0.2) is 16.3 Å². The Hall–Kier alpha value is -1.88. The molecule has 0 spiro atoms. The Morgan fingerprint density at radius 2 is 2.11 bits per heavy atom. The Morgan fingerprint density at radius 1 is 1.37 bits per heavy atom. The first-order chi connectivity index (χ1) is 9.02. The number of rotatable bonds is 4. The number of aromatic nitrogens is 2. The van der Waals surface area contributed by atoms with Gasteiger partial charge in [-0.3, -0.25) is 0 Å². The molecular formula is C14H18FN3O. The highest BCUT2D eigenvalue weighted by molar-refractivity contribution is 5.37. The van der Waals surface area contributed by atoms with Crippen molar-refractivity contribution >= 4 is 0 Å². The molecule has 0 aliphatic heterocycles. The van der Waals surface area contributed by atoms with Crippen LogP contribution in [0.15, 0.2) is 18.2 Å². The van der Waals surface area contributed by atoms with Gasteiger partial charge in [0, 0.05) is 18.7 Å². The van der Waals surface area contributed by atoms with Crippen molar-refractivity contribution in [2.24, 2.45) is 12.8 Å². The molecule has 2 N–H and O–H groups in total. The molecule has 0 aliphatic rings. The fraction of sp³-hybridized carbons (Fsp3) is 0.357. The monoisotopic (exact) mass is 263 g/mol. The minimum Gasteiger partial charge on any atom is -0.439 e. The third kappa shape index (κ3) is 2.76. The van der Waals surface area contributed by atoms with Crippen LogP contribution in [0.2, 0.25) is 0 Å². The van der Waals surface area contributed by atoms with E-state index < -0.39 is 0 Å². The molecule has 0 amide bonds. The van der Waals surface area contributed by atoms with E-state index in [1.807, 2.05) is 6.92 Å². The standard InChI is InChI=1S/C14H18FN3O/c1-9-4-5-11(8-13(9)15)19-14-12(6-7-16)10(2)17-18(14)3/h4-5,8H,6-7,16H2,1-3H3. The molecule has 0 saturated heterocycles. The Morgan fingerprint density at radius 3 is 2.74 bits per heavy atom. The molecule has 0 radical (unpaired) electrons. The molecule has 102 valence electrons. The van der Waals surface area contributed by atoms with E-state index in [9.17, 15) is 4.39 Å². The first kappa shape index (κ1) is 13.5. The predicted molar refractivity (Wildman–Crippen MR) is 71.9 cm³/mol. The van der Waals surface area contributed by atoms with Crippen LogP contribution in [0.4, 0.5) is 4.39 Å². The Kier molecular flexibility index (Phi) is 3.85. The number of ether oxygens (including phenoxy) is 1. The van der Waals surface area contributed by atoms with Gasteiger partial charge in [0.2, 0.25) is 5.88 Å². The van der Waals surface area contributed by atoms with Crippen LogP contribution in [0, 0.1) is 19.7 Å². The van der Waals surface area contributed by atoms with E-state index >= 15 is 0 Å². The number of aryl methyl sites for hydroxylation is 3. The van der Waals surface area contributed by atoms with Crippen LogP contribution in [0.3, 0.4) is 0 Å². The maximum Gasteiger partial charge on any atom is 0.221 e. The summed E-state index contributed by atoms with van der Waals surface area (Å²) in [5.74, 6) is 0.798.